The van der Waals surface area contributed by atoms with Gasteiger partial charge in [-0.15, -0.1) is 4.76 Å². The maximum Gasteiger partial charge on any atom is 0.566 e. The third kappa shape index (κ3) is 6.54. The molecule has 34 heavy (non-hydrogen) atoms. The van der Waals surface area contributed by atoms with Crippen LogP contribution in [-0.4, -0.2) is 5.96 Å². The first kappa shape index (κ1) is 23.2. The Bertz CT molecular complexity index is 1260. The van der Waals surface area contributed by atoms with Gasteiger partial charge in [-0.2, -0.15) is 0 Å². The third-order valence-corrected chi connectivity index (χ3v) is 5.91. The van der Waals surface area contributed by atoms with Crippen LogP contribution in [0.25, 0.3) is 0 Å². The van der Waals surface area contributed by atoms with Gasteiger partial charge in [0, 0.05) is 5.02 Å². The predicted octanol–water partition coefficient (Wildman–Crippen LogP) is 7.13. The Hall–Kier alpha value is -3.93. The highest BCUT2D eigenvalue weighted by atomic mass is 35.5. The van der Waals surface area contributed by atoms with E-state index in [1.165, 1.54) is 0 Å². The molecule has 0 unspecified atom stereocenters. The number of ether oxygens (including phenoxy) is 1. The van der Waals surface area contributed by atoms with E-state index < -0.39 is 7.75 Å². The smallest absolute Gasteiger partial charge is 0.455 e. The van der Waals surface area contributed by atoms with Gasteiger partial charge < -0.3 is 24.8 Å². The van der Waals surface area contributed by atoms with Gasteiger partial charge in [-0.3, -0.25) is 0 Å². The fourth-order valence-electron chi connectivity index (χ4n) is 2.89. The Morgan fingerprint density at radius 2 is 1.26 bits per heavy atom. The highest BCUT2D eigenvalue weighted by Crippen LogP contribution is 2.50. The highest BCUT2D eigenvalue weighted by molar-refractivity contribution is 7.53. The van der Waals surface area contributed by atoms with E-state index in [0.717, 1.165) is 0 Å². The van der Waals surface area contributed by atoms with Crippen molar-refractivity contribution in [2.45, 2.75) is 0 Å². The fourth-order valence-corrected chi connectivity index (χ4v) is 4.27. The molecular weight excluding hydrogens is 473 g/mol. The molecule has 0 bridgehead atoms. The van der Waals surface area contributed by atoms with E-state index in [4.69, 9.17) is 31.1 Å². The fraction of sp³-hybridized carbons (Fsp3) is 0. The molecule has 0 atom stereocenters. The summed E-state index contributed by atoms with van der Waals surface area (Å²) in [6.45, 7) is 0. The van der Waals surface area contributed by atoms with Gasteiger partial charge in [0.25, 0.3) is 0 Å². The molecule has 4 aromatic rings. The maximum absolute atomic E-state index is 13.6. The van der Waals surface area contributed by atoms with Crippen molar-refractivity contribution >= 4 is 31.0 Å². The Labute approximate surface area is 202 Å². The summed E-state index contributed by atoms with van der Waals surface area (Å²) >= 11 is 6.17. The van der Waals surface area contributed by atoms with Gasteiger partial charge in [0.05, 0.1) is 5.69 Å². The van der Waals surface area contributed by atoms with Crippen molar-refractivity contribution in [2.24, 2.45) is 10.5 Å². The lowest BCUT2D eigenvalue weighted by atomic mass is 10.3. The number of hydrogen-bond acceptors (Lipinski definition) is 4. The van der Waals surface area contributed by atoms with Crippen LogP contribution in [0.2, 0.25) is 5.02 Å². The van der Waals surface area contributed by atoms with Crippen molar-refractivity contribution in [3.63, 3.8) is 0 Å². The van der Waals surface area contributed by atoms with Gasteiger partial charge in [-0.1, -0.05) is 66.2 Å². The summed E-state index contributed by atoms with van der Waals surface area (Å²) in [4.78, 5) is 0. The lowest BCUT2D eigenvalue weighted by molar-refractivity contribution is 0.388. The van der Waals surface area contributed by atoms with Crippen molar-refractivity contribution in [1.29, 1.82) is 0 Å². The Morgan fingerprint density at radius 3 is 1.79 bits per heavy atom. The average Bonchev–Trinajstić information content (AvgIpc) is 2.82. The average molecular weight is 494 g/mol. The zero-order valence-corrected chi connectivity index (χ0v) is 19.5. The molecule has 0 radical (unpaired) electrons. The minimum absolute atomic E-state index is 0.213. The number of nitrogens with two attached hydrogens (primary N) is 1. The van der Waals surface area contributed by atoms with Crippen LogP contribution in [0.15, 0.2) is 114 Å². The van der Waals surface area contributed by atoms with Gasteiger partial charge in [-0.25, -0.2) is 4.57 Å². The minimum atomic E-state index is -4.12. The van der Waals surface area contributed by atoms with Crippen LogP contribution in [0.5, 0.6) is 23.0 Å². The second-order valence-electron chi connectivity index (χ2n) is 6.94. The van der Waals surface area contributed by atoms with E-state index in [1.54, 1.807) is 66.7 Å². The van der Waals surface area contributed by atoms with Crippen LogP contribution in [0.4, 0.5) is 5.69 Å². The molecule has 0 aliphatic carbocycles. The van der Waals surface area contributed by atoms with E-state index in [2.05, 4.69) is 10.1 Å². The largest absolute Gasteiger partial charge is 0.566 e. The monoisotopic (exact) mass is 493 g/mol. The second-order valence-corrected chi connectivity index (χ2v) is 8.88. The number of rotatable bonds is 8. The normalized spacial score (nSPS) is 11.5. The molecule has 0 spiro atoms. The second kappa shape index (κ2) is 10.8. The molecule has 7 nitrogen and oxygen atoms in total. The van der Waals surface area contributed by atoms with Crippen molar-refractivity contribution in [1.82, 2.24) is 0 Å². The first-order valence-electron chi connectivity index (χ1n) is 10.2. The molecule has 9 heteroatoms. The number of nitrogens with one attached hydrogen (secondary N) is 1. The molecule has 0 aromatic heterocycles. The zero-order chi connectivity index (χ0) is 23.8. The molecule has 0 heterocycles. The lowest BCUT2D eigenvalue weighted by Crippen LogP contribution is -2.23. The Balaban J connectivity index is 1.62. The summed E-state index contributed by atoms with van der Waals surface area (Å²) in [5.41, 5.74) is 6.54. The molecule has 0 aliphatic heterocycles. The van der Waals surface area contributed by atoms with Gasteiger partial charge in [-0.05, 0) is 54.6 Å². The van der Waals surface area contributed by atoms with Crippen LogP contribution < -0.4 is 24.8 Å². The molecule has 4 aromatic carbocycles. The first-order chi connectivity index (χ1) is 16.5. The third-order valence-electron chi connectivity index (χ3n) is 4.33. The van der Waals surface area contributed by atoms with Crippen molar-refractivity contribution in [3.05, 3.63) is 114 Å². The predicted molar refractivity (Wildman–Crippen MR) is 135 cm³/mol. The Morgan fingerprint density at radius 1 is 0.765 bits per heavy atom. The van der Waals surface area contributed by atoms with Gasteiger partial charge in [0.2, 0.25) is 5.96 Å². The maximum atomic E-state index is 13.6. The number of para-hydroxylation sites is 3. The summed E-state index contributed by atoms with van der Waals surface area (Å²) in [6.07, 6.45) is 0. The lowest BCUT2D eigenvalue weighted by Gasteiger charge is -2.17. The number of guanidine groups is 1. The quantitative estimate of drug-likeness (QED) is 0.154. The van der Waals surface area contributed by atoms with Gasteiger partial charge in [0.1, 0.15) is 17.2 Å². The highest BCUT2D eigenvalue weighted by Gasteiger charge is 2.29. The van der Waals surface area contributed by atoms with E-state index >= 15 is 0 Å². The topological polar surface area (TPSA) is 95.2 Å². The van der Waals surface area contributed by atoms with Crippen molar-refractivity contribution in [3.8, 4) is 23.0 Å². The van der Waals surface area contributed by atoms with Crippen molar-refractivity contribution < 1.29 is 18.3 Å². The van der Waals surface area contributed by atoms with E-state index in [0.29, 0.717) is 33.7 Å². The first-order valence-corrected chi connectivity index (χ1v) is 12.1. The molecule has 0 saturated carbocycles. The summed E-state index contributed by atoms with van der Waals surface area (Å²) in [6, 6.07) is 31.3. The van der Waals surface area contributed by atoms with Crippen LogP contribution >= 0.6 is 19.3 Å². The van der Waals surface area contributed by atoms with Crippen LogP contribution in [0, 0.1) is 0 Å². The number of anilines is 1. The molecule has 4 rings (SSSR count). The molecule has 0 amide bonds. The summed E-state index contributed by atoms with van der Waals surface area (Å²) in [5, 5.41) is 3.33. The zero-order valence-electron chi connectivity index (χ0n) is 17.9. The van der Waals surface area contributed by atoms with E-state index in [9.17, 15) is 4.57 Å². The van der Waals surface area contributed by atoms with Crippen LogP contribution in [0.1, 0.15) is 0 Å². The minimum Gasteiger partial charge on any atom is -0.455 e. The number of benzene rings is 4. The van der Waals surface area contributed by atoms with E-state index in [-0.39, 0.29) is 5.96 Å². The number of nitrogens with zero attached hydrogens (tertiary/aromatic N) is 1. The van der Waals surface area contributed by atoms with Gasteiger partial charge in [0.15, 0.2) is 5.75 Å². The summed E-state index contributed by atoms with van der Waals surface area (Å²) in [5.74, 6) is 1.48. The Kier molecular flexibility index (Phi) is 7.38. The standard InChI is InChI=1S/C25H21ClN3O4P/c26-19-16-17-24(31-20-10-4-1-5-11-20)23(18-19)28-25(27)29-34(30,32-21-12-6-2-7-13-21)33-22-14-8-3-9-15-22/h1-18H,(H3,27,28,29,30). The van der Waals surface area contributed by atoms with Crippen LogP contribution in [0.3, 0.4) is 0 Å². The molecule has 3 N–H and O–H groups in total. The molecular formula is C25H21ClN3O4P. The summed E-state index contributed by atoms with van der Waals surface area (Å²) < 4.78 is 34.8. The van der Waals surface area contributed by atoms with E-state index in [1.807, 2.05) is 42.5 Å². The van der Waals surface area contributed by atoms with Gasteiger partial charge >= 0.3 is 7.75 Å². The summed E-state index contributed by atoms with van der Waals surface area (Å²) in [7, 11) is -4.12. The SMILES string of the molecule is N/C(=N\P(=O)(Oc1ccccc1)Oc1ccccc1)Nc1cc(Cl)ccc1Oc1ccccc1. The van der Waals surface area contributed by atoms with Crippen LogP contribution in [-0.2, 0) is 4.57 Å². The van der Waals surface area contributed by atoms with Crippen molar-refractivity contribution in [2.75, 3.05) is 5.32 Å². The molecule has 0 aliphatic rings. The molecule has 0 fully saturated rings. The molecule has 0 saturated heterocycles. The molecule has 172 valence electrons. The number of hydrogen-bond donors (Lipinski definition) is 2. The number of halogens is 1.